The molecule has 0 radical (unpaired) electrons. The minimum absolute atomic E-state index is 0.0489. The lowest BCUT2D eigenvalue weighted by Gasteiger charge is -2.15. The van der Waals surface area contributed by atoms with E-state index in [1.165, 1.54) is 12.8 Å². The van der Waals surface area contributed by atoms with Crippen molar-refractivity contribution in [1.82, 2.24) is 0 Å². The molecule has 0 aliphatic rings. The molecule has 0 heterocycles. The van der Waals surface area contributed by atoms with Gasteiger partial charge in [-0.25, -0.2) is 0 Å². The molecule has 0 saturated carbocycles. The van der Waals surface area contributed by atoms with Gasteiger partial charge in [-0.05, 0) is 39.0 Å². The molecule has 1 N–H and O–H groups in total. The number of aliphatic hydroxyl groups is 1. The molecule has 2 atom stereocenters. The number of ether oxygens (including phenoxy) is 1. The van der Waals surface area contributed by atoms with Crippen LogP contribution in [0.4, 0.5) is 0 Å². The van der Waals surface area contributed by atoms with Gasteiger partial charge in [-0.2, -0.15) is 0 Å². The number of aliphatic hydroxyl groups excluding tert-OH is 1. The average Bonchev–Trinajstić information content (AvgIpc) is 2.17. The Morgan fingerprint density at radius 3 is 2.40 bits per heavy atom. The lowest BCUT2D eigenvalue weighted by atomic mass is 10.0. The standard InChI is InChI=1S/C12H24O3/c1-3-4-5-8-12(15-10-13)9-6-7-11(2)14/h10-12,14H,3-9H2,1-2H3/t11-,12+/m0/s1. The molecule has 0 saturated heterocycles. The zero-order chi connectivity index (χ0) is 11.5. The van der Waals surface area contributed by atoms with Crippen molar-refractivity contribution >= 4 is 6.47 Å². The van der Waals surface area contributed by atoms with Crippen LogP contribution in [0.1, 0.15) is 58.8 Å². The number of unbranched alkanes of at least 4 members (excludes halogenated alkanes) is 2. The Balaban J connectivity index is 3.57. The summed E-state index contributed by atoms with van der Waals surface area (Å²) in [5.74, 6) is 0. The zero-order valence-corrected chi connectivity index (χ0v) is 9.95. The van der Waals surface area contributed by atoms with Crippen LogP contribution in [-0.2, 0) is 9.53 Å². The first-order valence-corrected chi connectivity index (χ1v) is 5.97. The van der Waals surface area contributed by atoms with Crippen LogP contribution in [-0.4, -0.2) is 23.8 Å². The maximum atomic E-state index is 10.3. The van der Waals surface area contributed by atoms with Crippen molar-refractivity contribution in [3.8, 4) is 0 Å². The molecule has 0 aromatic carbocycles. The normalized spacial score (nSPS) is 14.6. The van der Waals surface area contributed by atoms with Crippen LogP contribution in [0.3, 0.4) is 0 Å². The van der Waals surface area contributed by atoms with Crippen molar-refractivity contribution in [2.45, 2.75) is 71.0 Å². The molecule has 0 amide bonds. The van der Waals surface area contributed by atoms with Crippen molar-refractivity contribution in [1.29, 1.82) is 0 Å². The molecular weight excluding hydrogens is 192 g/mol. The van der Waals surface area contributed by atoms with Crippen LogP contribution in [0, 0.1) is 0 Å². The lowest BCUT2D eigenvalue weighted by molar-refractivity contribution is -0.134. The van der Waals surface area contributed by atoms with E-state index in [2.05, 4.69) is 6.92 Å². The molecule has 3 nitrogen and oxygen atoms in total. The third-order valence-corrected chi connectivity index (χ3v) is 2.53. The van der Waals surface area contributed by atoms with Crippen LogP contribution >= 0.6 is 0 Å². The van der Waals surface area contributed by atoms with Gasteiger partial charge in [0.1, 0.15) is 6.10 Å². The maximum Gasteiger partial charge on any atom is 0.293 e. The molecule has 0 aliphatic carbocycles. The number of hydrogen-bond acceptors (Lipinski definition) is 3. The van der Waals surface area contributed by atoms with Crippen molar-refractivity contribution in [2.24, 2.45) is 0 Å². The first-order chi connectivity index (χ1) is 7.20. The van der Waals surface area contributed by atoms with Gasteiger partial charge in [0.2, 0.25) is 0 Å². The second kappa shape index (κ2) is 9.97. The van der Waals surface area contributed by atoms with Gasteiger partial charge in [0.25, 0.3) is 6.47 Å². The molecule has 15 heavy (non-hydrogen) atoms. The van der Waals surface area contributed by atoms with E-state index < -0.39 is 0 Å². The van der Waals surface area contributed by atoms with Gasteiger partial charge in [-0.3, -0.25) is 4.79 Å². The minimum Gasteiger partial charge on any atom is -0.465 e. The Kier molecular flexibility index (Phi) is 9.59. The Morgan fingerprint density at radius 2 is 1.87 bits per heavy atom. The third-order valence-electron chi connectivity index (χ3n) is 2.53. The van der Waals surface area contributed by atoms with Crippen molar-refractivity contribution in [3.05, 3.63) is 0 Å². The number of rotatable bonds is 10. The van der Waals surface area contributed by atoms with E-state index in [9.17, 15) is 4.79 Å². The highest BCUT2D eigenvalue weighted by Gasteiger charge is 2.09. The molecule has 3 heteroatoms. The van der Waals surface area contributed by atoms with E-state index in [1.807, 2.05) is 0 Å². The molecule has 0 aliphatic heterocycles. The van der Waals surface area contributed by atoms with Gasteiger partial charge in [0, 0.05) is 0 Å². The predicted molar refractivity (Wildman–Crippen MR) is 60.6 cm³/mol. The Labute approximate surface area is 92.8 Å². The van der Waals surface area contributed by atoms with Crippen LogP contribution in [0.15, 0.2) is 0 Å². The molecule has 0 fully saturated rings. The summed E-state index contributed by atoms with van der Waals surface area (Å²) >= 11 is 0. The maximum absolute atomic E-state index is 10.3. The third kappa shape index (κ3) is 9.73. The van der Waals surface area contributed by atoms with E-state index >= 15 is 0 Å². The van der Waals surface area contributed by atoms with E-state index in [0.717, 1.165) is 32.1 Å². The van der Waals surface area contributed by atoms with E-state index in [1.54, 1.807) is 6.92 Å². The van der Waals surface area contributed by atoms with Crippen LogP contribution in [0.5, 0.6) is 0 Å². The number of hydrogen-bond donors (Lipinski definition) is 1. The fourth-order valence-corrected chi connectivity index (χ4v) is 1.62. The predicted octanol–water partition coefficient (Wildman–Crippen LogP) is 2.66. The second-order valence-corrected chi connectivity index (χ2v) is 4.13. The fraction of sp³-hybridized carbons (Fsp3) is 0.917. The van der Waals surface area contributed by atoms with Gasteiger partial charge in [-0.1, -0.05) is 19.8 Å². The molecule has 90 valence electrons. The molecule has 0 aromatic rings. The second-order valence-electron chi connectivity index (χ2n) is 4.13. The largest absolute Gasteiger partial charge is 0.465 e. The number of carbonyl (C=O) groups is 1. The van der Waals surface area contributed by atoms with Gasteiger partial charge in [-0.15, -0.1) is 0 Å². The summed E-state index contributed by atoms with van der Waals surface area (Å²) in [5.41, 5.74) is 0. The van der Waals surface area contributed by atoms with Gasteiger partial charge in [0.05, 0.1) is 6.10 Å². The van der Waals surface area contributed by atoms with E-state index in [0.29, 0.717) is 6.47 Å². The summed E-state index contributed by atoms with van der Waals surface area (Å²) in [6.07, 6.45) is 6.81. The average molecular weight is 216 g/mol. The van der Waals surface area contributed by atoms with Crippen LogP contribution in [0.25, 0.3) is 0 Å². The highest BCUT2D eigenvalue weighted by atomic mass is 16.5. The molecule has 0 bridgehead atoms. The number of carbonyl (C=O) groups excluding carboxylic acids is 1. The molecule has 0 unspecified atom stereocenters. The van der Waals surface area contributed by atoms with Gasteiger partial charge in [0.15, 0.2) is 0 Å². The Morgan fingerprint density at radius 1 is 1.20 bits per heavy atom. The quantitative estimate of drug-likeness (QED) is 0.451. The van der Waals surface area contributed by atoms with Gasteiger partial charge < -0.3 is 9.84 Å². The summed E-state index contributed by atoms with van der Waals surface area (Å²) in [7, 11) is 0. The van der Waals surface area contributed by atoms with Crippen molar-refractivity contribution < 1.29 is 14.6 Å². The van der Waals surface area contributed by atoms with Crippen LogP contribution in [0.2, 0.25) is 0 Å². The van der Waals surface area contributed by atoms with Crippen molar-refractivity contribution in [2.75, 3.05) is 0 Å². The van der Waals surface area contributed by atoms with Gasteiger partial charge >= 0.3 is 0 Å². The summed E-state index contributed by atoms with van der Waals surface area (Å²) in [5, 5.41) is 9.10. The monoisotopic (exact) mass is 216 g/mol. The summed E-state index contributed by atoms with van der Waals surface area (Å²) in [6, 6.07) is 0. The lowest BCUT2D eigenvalue weighted by Crippen LogP contribution is -2.13. The highest BCUT2D eigenvalue weighted by Crippen LogP contribution is 2.13. The van der Waals surface area contributed by atoms with Crippen LogP contribution < -0.4 is 0 Å². The topological polar surface area (TPSA) is 46.5 Å². The molecule has 0 spiro atoms. The minimum atomic E-state index is -0.252. The van der Waals surface area contributed by atoms with E-state index in [4.69, 9.17) is 9.84 Å². The Hall–Kier alpha value is -0.570. The zero-order valence-electron chi connectivity index (χ0n) is 9.95. The first-order valence-electron chi connectivity index (χ1n) is 5.97. The SMILES string of the molecule is CCCCC[C@H](CCC[C@H](C)O)OC=O. The first kappa shape index (κ1) is 14.4. The fourth-order valence-electron chi connectivity index (χ4n) is 1.62. The molecule has 0 aromatic heterocycles. The van der Waals surface area contributed by atoms with Crippen molar-refractivity contribution in [3.63, 3.8) is 0 Å². The molecule has 0 rings (SSSR count). The Bertz CT molecular complexity index is 146. The highest BCUT2D eigenvalue weighted by molar-refractivity contribution is 5.37. The molecular formula is C12H24O3. The smallest absolute Gasteiger partial charge is 0.293 e. The van der Waals surface area contributed by atoms with E-state index in [-0.39, 0.29) is 12.2 Å². The summed E-state index contributed by atoms with van der Waals surface area (Å²) in [4.78, 5) is 10.3. The summed E-state index contributed by atoms with van der Waals surface area (Å²) in [6.45, 7) is 4.48. The summed E-state index contributed by atoms with van der Waals surface area (Å²) < 4.78 is 5.01.